The number of rotatable bonds is 41. The van der Waals surface area contributed by atoms with E-state index >= 15 is 0 Å². The van der Waals surface area contributed by atoms with Gasteiger partial charge in [0.15, 0.2) is 6.10 Å². The number of esters is 3. The molecule has 0 amide bonds. The molecule has 0 aromatic rings. The van der Waals surface area contributed by atoms with Gasteiger partial charge in [0.25, 0.3) is 0 Å². The van der Waals surface area contributed by atoms with Crippen LogP contribution in [-0.2, 0) is 28.6 Å². The van der Waals surface area contributed by atoms with Gasteiger partial charge in [-0.1, -0.05) is 194 Å². The predicted octanol–water partition coefficient (Wildman–Crippen LogP) is 15.6. The van der Waals surface area contributed by atoms with Crippen LogP contribution in [0.3, 0.4) is 0 Å². The Morgan fingerprint density at radius 3 is 1.15 bits per heavy atom. The lowest BCUT2D eigenvalue weighted by molar-refractivity contribution is -0.167. The Hall–Kier alpha value is -3.93. The highest BCUT2D eigenvalue weighted by atomic mass is 16.6. The minimum Gasteiger partial charge on any atom is -0.462 e. The highest BCUT2D eigenvalue weighted by Crippen LogP contribution is 2.13. The molecule has 0 aliphatic carbocycles. The Bertz CT molecular complexity index is 1280. The topological polar surface area (TPSA) is 78.9 Å². The summed E-state index contributed by atoms with van der Waals surface area (Å²) >= 11 is 0. The summed E-state index contributed by atoms with van der Waals surface area (Å²) in [6, 6.07) is 0. The Labute approximate surface area is 368 Å². The van der Waals surface area contributed by atoms with Crippen LogP contribution in [0.1, 0.15) is 194 Å². The van der Waals surface area contributed by atoms with Gasteiger partial charge in [0, 0.05) is 19.3 Å². The van der Waals surface area contributed by atoms with Crippen molar-refractivity contribution in [3.8, 4) is 0 Å². The number of unbranched alkanes of at least 4 members (excludes halogenated alkanes) is 16. The summed E-state index contributed by atoms with van der Waals surface area (Å²) in [6.45, 7) is 6.18. The maximum absolute atomic E-state index is 12.8. The molecule has 0 aromatic heterocycles. The Balaban J connectivity index is 4.49. The van der Waals surface area contributed by atoms with Crippen molar-refractivity contribution in [2.45, 2.75) is 200 Å². The average Bonchev–Trinajstić information content (AvgIpc) is 3.24. The lowest BCUT2D eigenvalue weighted by atomic mass is 10.1. The summed E-state index contributed by atoms with van der Waals surface area (Å²) in [5.74, 6) is -0.978. The molecule has 0 aromatic carbocycles. The van der Waals surface area contributed by atoms with E-state index in [-0.39, 0.29) is 31.1 Å². The fourth-order valence-electron chi connectivity index (χ4n) is 6.10. The summed E-state index contributed by atoms with van der Waals surface area (Å²) in [5, 5.41) is 0. The predicted molar refractivity (Wildman–Crippen MR) is 256 cm³/mol. The SMILES string of the molecule is CC\C=C/C=C\C=C/CCCCCCCCCC(=O)OCC(COC(=O)CCCC/C=C\C/C=C\C/C=C\CC)OC(=O)CCCCCCCCC\C=C/C=C\C=C/CC. The van der Waals surface area contributed by atoms with Crippen molar-refractivity contribution in [1.29, 1.82) is 0 Å². The molecule has 0 radical (unpaired) electrons. The maximum Gasteiger partial charge on any atom is 0.306 e. The van der Waals surface area contributed by atoms with E-state index in [0.29, 0.717) is 19.3 Å². The van der Waals surface area contributed by atoms with Crippen LogP contribution in [-0.4, -0.2) is 37.2 Å². The molecule has 0 spiro atoms. The standard InChI is InChI=1S/C54H86O6/c1-4-7-10-13-16-19-22-25-27-29-32-35-38-41-44-47-53(56)59-50-51(49-58-52(55)46-43-40-37-34-31-24-21-18-15-12-9-6-3)60-54(57)48-45-42-39-36-33-30-28-26-23-20-17-14-11-8-5-2/h7-14,16-23,31,34,51H,4-6,15,24-30,32-33,35-50H2,1-3H3/b10-7-,11-8-,12-9-,16-13-,17-14-,21-18-,22-19-,23-20-,34-31-. The maximum atomic E-state index is 12.8. The molecule has 1 atom stereocenters. The van der Waals surface area contributed by atoms with E-state index in [4.69, 9.17) is 14.2 Å². The second-order valence-corrected chi connectivity index (χ2v) is 15.3. The van der Waals surface area contributed by atoms with Crippen LogP contribution in [0.4, 0.5) is 0 Å². The van der Waals surface area contributed by atoms with E-state index in [1.165, 1.54) is 44.9 Å². The van der Waals surface area contributed by atoms with Gasteiger partial charge >= 0.3 is 17.9 Å². The van der Waals surface area contributed by atoms with Crippen LogP contribution in [0.15, 0.2) is 109 Å². The third-order valence-corrected chi connectivity index (χ3v) is 9.63. The van der Waals surface area contributed by atoms with Gasteiger partial charge in [-0.2, -0.15) is 0 Å². The number of carbonyl (C=O) groups is 3. The van der Waals surface area contributed by atoms with Gasteiger partial charge in [-0.05, 0) is 89.9 Å². The number of hydrogen-bond acceptors (Lipinski definition) is 6. The molecule has 0 aliphatic rings. The van der Waals surface area contributed by atoms with Crippen molar-refractivity contribution in [3.05, 3.63) is 109 Å². The van der Waals surface area contributed by atoms with Gasteiger partial charge in [0.1, 0.15) is 13.2 Å². The van der Waals surface area contributed by atoms with Crippen LogP contribution in [0.25, 0.3) is 0 Å². The van der Waals surface area contributed by atoms with Crippen molar-refractivity contribution in [3.63, 3.8) is 0 Å². The molecule has 0 N–H and O–H groups in total. The molecule has 338 valence electrons. The second-order valence-electron chi connectivity index (χ2n) is 15.3. The molecule has 0 heterocycles. The highest BCUT2D eigenvalue weighted by Gasteiger charge is 2.19. The first kappa shape index (κ1) is 56.1. The van der Waals surface area contributed by atoms with Crippen LogP contribution in [0.5, 0.6) is 0 Å². The van der Waals surface area contributed by atoms with E-state index in [0.717, 1.165) is 109 Å². The third kappa shape index (κ3) is 45.2. The van der Waals surface area contributed by atoms with Gasteiger partial charge in [-0.3, -0.25) is 14.4 Å². The third-order valence-electron chi connectivity index (χ3n) is 9.63. The average molecular weight is 831 g/mol. The quantitative estimate of drug-likeness (QED) is 0.0201. The zero-order valence-corrected chi connectivity index (χ0v) is 38.4. The number of hydrogen-bond donors (Lipinski definition) is 0. The smallest absolute Gasteiger partial charge is 0.306 e. The van der Waals surface area contributed by atoms with Crippen LogP contribution >= 0.6 is 0 Å². The lowest BCUT2D eigenvalue weighted by Gasteiger charge is -2.18. The molecule has 0 saturated carbocycles. The van der Waals surface area contributed by atoms with Crippen LogP contribution in [0.2, 0.25) is 0 Å². The van der Waals surface area contributed by atoms with E-state index in [2.05, 4.69) is 130 Å². The van der Waals surface area contributed by atoms with E-state index in [9.17, 15) is 14.4 Å². The molecule has 6 heteroatoms. The molecule has 0 saturated heterocycles. The normalized spacial score (nSPS) is 13.1. The molecular weight excluding hydrogens is 745 g/mol. The number of carbonyl (C=O) groups excluding carboxylic acids is 3. The van der Waals surface area contributed by atoms with Gasteiger partial charge in [-0.25, -0.2) is 0 Å². The summed E-state index contributed by atoms with van der Waals surface area (Å²) in [5.41, 5.74) is 0. The first-order chi connectivity index (χ1) is 29.5. The largest absolute Gasteiger partial charge is 0.462 e. The molecule has 0 bridgehead atoms. The van der Waals surface area contributed by atoms with Crippen molar-refractivity contribution < 1.29 is 28.6 Å². The summed E-state index contributed by atoms with van der Waals surface area (Å²) in [7, 11) is 0. The molecule has 60 heavy (non-hydrogen) atoms. The first-order valence-electron chi connectivity index (χ1n) is 24.0. The van der Waals surface area contributed by atoms with E-state index in [1.807, 2.05) is 0 Å². The molecule has 0 aliphatic heterocycles. The number of allylic oxidation sites excluding steroid dienone is 18. The van der Waals surface area contributed by atoms with Crippen molar-refractivity contribution in [1.82, 2.24) is 0 Å². The summed E-state index contributed by atoms with van der Waals surface area (Å²) in [4.78, 5) is 37.9. The second kappa shape index (κ2) is 47.7. The lowest BCUT2D eigenvalue weighted by Crippen LogP contribution is -2.30. The zero-order chi connectivity index (χ0) is 43.7. The van der Waals surface area contributed by atoms with Crippen LogP contribution < -0.4 is 0 Å². The van der Waals surface area contributed by atoms with Gasteiger partial charge in [0.2, 0.25) is 0 Å². The van der Waals surface area contributed by atoms with Crippen molar-refractivity contribution >= 4 is 17.9 Å². The molecule has 6 nitrogen and oxygen atoms in total. The minimum absolute atomic E-state index is 0.104. The van der Waals surface area contributed by atoms with E-state index < -0.39 is 6.10 Å². The Kier molecular flexibility index (Phi) is 44.6. The zero-order valence-electron chi connectivity index (χ0n) is 38.4. The first-order valence-corrected chi connectivity index (χ1v) is 24.0. The molecule has 0 rings (SSSR count). The number of ether oxygens (including phenoxy) is 3. The Morgan fingerprint density at radius 1 is 0.350 bits per heavy atom. The van der Waals surface area contributed by atoms with Crippen molar-refractivity contribution in [2.75, 3.05) is 13.2 Å². The molecule has 1 unspecified atom stereocenters. The molecule has 0 fully saturated rings. The monoisotopic (exact) mass is 831 g/mol. The van der Waals surface area contributed by atoms with E-state index in [1.54, 1.807) is 0 Å². The fraction of sp³-hybridized carbons (Fsp3) is 0.611. The Morgan fingerprint density at radius 2 is 0.683 bits per heavy atom. The van der Waals surface area contributed by atoms with Crippen molar-refractivity contribution in [2.24, 2.45) is 0 Å². The van der Waals surface area contributed by atoms with Gasteiger partial charge < -0.3 is 14.2 Å². The summed E-state index contributed by atoms with van der Waals surface area (Å²) < 4.78 is 16.7. The van der Waals surface area contributed by atoms with Gasteiger partial charge in [0.05, 0.1) is 0 Å². The minimum atomic E-state index is -0.806. The fourth-order valence-corrected chi connectivity index (χ4v) is 6.10. The van der Waals surface area contributed by atoms with Gasteiger partial charge in [-0.15, -0.1) is 0 Å². The van der Waals surface area contributed by atoms with Crippen LogP contribution in [0, 0.1) is 0 Å². The highest BCUT2D eigenvalue weighted by molar-refractivity contribution is 5.71. The molecular formula is C54H86O6. The summed E-state index contributed by atoms with van der Waals surface area (Å²) in [6.07, 6.45) is 63.6.